The van der Waals surface area contributed by atoms with Crippen molar-refractivity contribution in [3.8, 4) is 0 Å². The van der Waals surface area contributed by atoms with Crippen LogP contribution in [-0.2, 0) is 0 Å². The zero-order valence-electron chi connectivity index (χ0n) is 10.3. The number of aromatic nitrogens is 2. The monoisotopic (exact) mass is 251 g/mol. The van der Waals surface area contributed by atoms with Crippen molar-refractivity contribution < 1.29 is 14.7 Å². The lowest BCUT2D eigenvalue weighted by molar-refractivity contribution is 0.0684. The Labute approximate surface area is 105 Å². The molecular weight excluding hydrogens is 234 g/mol. The number of aromatic carboxylic acids is 1. The molecule has 18 heavy (non-hydrogen) atoms. The summed E-state index contributed by atoms with van der Waals surface area (Å²) in [5.74, 6) is -1.11. The Morgan fingerprint density at radius 1 is 1.50 bits per heavy atom. The summed E-state index contributed by atoms with van der Waals surface area (Å²) in [5, 5.41) is 11.7. The highest BCUT2D eigenvalue weighted by Gasteiger charge is 2.26. The first kappa shape index (κ1) is 12.6. The molecule has 0 aliphatic heterocycles. The van der Waals surface area contributed by atoms with Crippen molar-refractivity contribution in [3.63, 3.8) is 0 Å². The number of amides is 1. The molecule has 1 saturated carbocycles. The second-order valence-electron chi connectivity index (χ2n) is 4.74. The van der Waals surface area contributed by atoms with Crippen LogP contribution in [0.25, 0.3) is 0 Å². The predicted octanol–water partition coefficient (Wildman–Crippen LogP) is 1.42. The maximum atomic E-state index is 11.9. The van der Waals surface area contributed by atoms with Crippen LogP contribution in [0, 0.1) is 5.92 Å². The van der Waals surface area contributed by atoms with E-state index in [0.29, 0.717) is 5.92 Å². The molecule has 1 aliphatic carbocycles. The summed E-state index contributed by atoms with van der Waals surface area (Å²) in [6, 6.07) is 0.0540. The van der Waals surface area contributed by atoms with Crippen molar-refractivity contribution in [2.45, 2.75) is 38.6 Å². The molecule has 0 radical (unpaired) electrons. The van der Waals surface area contributed by atoms with Gasteiger partial charge in [-0.05, 0) is 25.7 Å². The van der Waals surface area contributed by atoms with Gasteiger partial charge in [-0.2, -0.15) is 0 Å². The van der Waals surface area contributed by atoms with Crippen LogP contribution in [0.15, 0.2) is 6.33 Å². The van der Waals surface area contributed by atoms with E-state index in [9.17, 15) is 9.59 Å². The first-order valence-corrected chi connectivity index (χ1v) is 6.17. The molecule has 1 aromatic heterocycles. The molecular formula is C12H17N3O3. The maximum absolute atomic E-state index is 11.9. The van der Waals surface area contributed by atoms with E-state index in [2.05, 4.69) is 15.3 Å². The van der Waals surface area contributed by atoms with Crippen LogP contribution in [-0.4, -0.2) is 33.0 Å². The van der Waals surface area contributed by atoms with Gasteiger partial charge in [-0.1, -0.05) is 12.8 Å². The van der Waals surface area contributed by atoms with Crippen LogP contribution in [0.3, 0.4) is 0 Å². The molecule has 2 rings (SSSR count). The average Bonchev–Trinajstić information content (AvgIpc) is 3.00. The van der Waals surface area contributed by atoms with Gasteiger partial charge >= 0.3 is 5.97 Å². The number of carbonyl (C=O) groups excluding carboxylic acids is 1. The van der Waals surface area contributed by atoms with E-state index in [1.54, 1.807) is 0 Å². The molecule has 1 amide bonds. The van der Waals surface area contributed by atoms with E-state index in [1.165, 1.54) is 19.2 Å². The highest BCUT2D eigenvalue weighted by molar-refractivity contribution is 6.02. The van der Waals surface area contributed by atoms with Crippen LogP contribution < -0.4 is 5.32 Å². The Morgan fingerprint density at radius 3 is 2.78 bits per heavy atom. The summed E-state index contributed by atoms with van der Waals surface area (Å²) < 4.78 is 0. The third-order valence-corrected chi connectivity index (χ3v) is 3.53. The average molecular weight is 251 g/mol. The molecule has 6 heteroatoms. The van der Waals surface area contributed by atoms with E-state index in [0.717, 1.165) is 12.8 Å². The highest BCUT2D eigenvalue weighted by Crippen LogP contribution is 2.27. The number of imidazole rings is 1. The van der Waals surface area contributed by atoms with Crippen LogP contribution in [0.5, 0.6) is 0 Å². The zero-order chi connectivity index (χ0) is 13.1. The molecule has 0 bridgehead atoms. The van der Waals surface area contributed by atoms with Gasteiger partial charge in [0.15, 0.2) is 11.4 Å². The molecule has 0 unspecified atom stereocenters. The van der Waals surface area contributed by atoms with Gasteiger partial charge < -0.3 is 15.4 Å². The van der Waals surface area contributed by atoms with Crippen molar-refractivity contribution in [3.05, 3.63) is 17.7 Å². The van der Waals surface area contributed by atoms with Gasteiger partial charge in [0, 0.05) is 6.04 Å². The predicted molar refractivity (Wildman–Crippen MR) is 64.4 cm³/mol. The summed E-state index contributed by atoms with van der Waals surface area (Å²) in [6.07, 6.45) is 5.86. The fourth-order valence-electron chi connectivity index (χ4n) is 2.48. The molecule has 0 saturated heterocycles. The Morgan fingerprint density at radius 2 is 2.17 bits per heavy atom. The lowest BCUT2D eigenvalue weighted by Crippen LogP contribution is -2.38. The van der Waals surface area contributed by atoms with Crippen molar-refractivity contribution in [2.24, 2.45) is 5.92 Å². The first-order chi connectivity index (χ1) is 8.59. The van der Waals surface area contributed by atoms with E-state index in [4.69, 9.17) is 5.11 Å². The fraction of sp³-hybridized carbons (Fsp3) is 0.583. The van der Waals surface area contributed by atoms with Crippen LogP contribution in [0.4, 0.5) is 0 Å². The minimum Gasteiger partial charge on any atom is -0.477 e. The minimum atomic E-state index is -1.17. The number of carbonyl (C=O) groups is 2. The number of aromatic amines is 1. The number of H-pyrrole nitrogens is 1. The molecule has 1 aliphatic rings. The SMILES string of the molecule is C[C@@H](NC(=O)c1nc[nH]c1C(=O)O)C1CCCC1. The molecule has 1 heterocycles. The summed E-state index contributed by atoms with van der Waals surface area (Å²) in [4.78, 5) is 29.0. The van der Waals surface area contributed by atoms with Crippen LogP contribution in [0.1, 0.15) is 53.6 Å². The number of carboxylic acids is 1. The van der Waals surface area contributed by atoms with Gasteiger partial charge in [0.25, 0.3) is 5.91 Å². The molecule has 0 spiro atoms. The second kappa shape index (κ2) is 5.20. The number of hydrogen-bond acceptors (Lipinski definition) is 3. The highest BCUT2D eigenvalue weighted by atomic mass is 16.4. The lowest BCUT2D eigenvalue weighted by Gasteiger charge is -2.19. The number of nitrogens with one attached hydrogen (secondary N) is 2. The number of rotatable bonds is 4. The third kappa shape index (κ3) is 2.52. The largest absolute Gasteiger partial charge is 0.477 e. The van der Waals surface area contributed by atoms with Crippen molar-refractivity contribution in [1.29, 1.82) is 0 Å². The van der Waals surface area contributed by atoms with Crippen LogP contribution >= 0.6 is 0 Å². The number of hydrogen-bond donors (Lipinski definition) is 3. The van der Waals surface area contributed by atoms with Gasteiger partial charge in [0.1, 0.15) is 0 Å². The summed E-state index contributed by atoms with van der Waals surface area (Å²) in [6.45, 7) is 1.96. The summed E-state index contributed by atoms with van der Waals surface area (Å²) in [7, 11) is 0. The van der Waals surface area contributed by atoms with Gasteiger partial charge in [0.2, 0.25) is 0 Å². The molecule has 1 aromatic rings. The minimum absolute atomic E-state index is 0.0488. The third-order valence-electron chi connectivity index (χ3n) is 3.53. The van der Waals surface area contributed by atoms with Crippen molar-refractivity contribution in [2.75, 3.05) is 0 Å². The standard InChI is InChI=1S/C12H17N3O3/c1-7(8-4-2-3-5-8)15-11(16)9-10(12(17)18)14-6-13-9/h6-8H,2-5H2,1H3,(H,13,14)(H,15,16)(H,17,18)/t7-/m1/s1. The van der Waals surface area contributed by atoms with E-state index in [1.807, 2.05) is 6.92 Å². The Bertz CT molecular complexity index is 449. The van der Waals surface area contributed by atoms with Crippen molar-refractivity contribution in [1.82, 2.24) is 15.3 Å². The van der Waals surface area contributed by atoms with E-state index in [-0.39, 0.29) is 17.4 Å². The molecule has 98 valence electrons. The Hall–Kier alpha value is -1.85. The van der Waals surface area contributed by atoms with Crippen molar-refractivity contribution >= 4 is 11.9 Å². The number of nitrogens with zero attached hydrogens (tertiary/aromatic N) is 1. The Kier molecular flexibility index (Phi) is 3.64. The van der Waals surface area contributed by atoms with Gasteiger partial charge in [0.05, 0.1) is 6.33 Å². The molecule has 3 N–H and O–H groups in total. The summed E-state index contributed by atoms with van der Waals surface area (Å²) in [5.41, 5.74) is -0.210. The molecule has 0 aromatic carbocycles. The van der Waals surface area contributed by atoms with Crippen LogP contribution in [0.2, 0.25) is 0 Å². The Balaban J connectivity index is 2.02. The lowest BCUT2D eigenvalue weighted by atomic mass is 10.00. The fourth-order valence-corrected chi connectivity index (χ4v) is 2.48. The van der Waals surface area contributed by atoms with Gasteiger partial charge in [-0.25, -0.2) is 9.78 Å². The van der Waals surface area contributed by atoms with E-state index >= 15 is 0 Å². The topological polar surface area (TPSA) is 95.1 Å². The quantitative estimate of drug-likeness (QED) is 0.754. The molecule has 6 nitrogen and oxygen atoms in total. The molecule has 1 fully saturated rings. The smallest absolute Gasteiger partial charge is 0.354 e. The second-order valence-corrected chi connectivity index (χ2v) is 4.74. The zero-order valence-corrected chi connectivity index (χ0v) is 10.3. The first-order valence-electron chi connectivity index (χ1n) is 6.17. The molecule has 1 atom stereocenters. The summed E-state index contributed by atoms with van der Waals surface area (Å²) >= 11 is 0. The normalized spacial score (nSPS) is 17.6. The number of carboxylic acid groups (broad SMARTS) is 1. The van der Waals surface area contributed by atoms with E-state index < -0.39 is 11.9 Å². The maximum Gasteiger partial charge on any atom is 0.354 e. The van der Waals surface area contributed by atoms with Gasteiger partial charge in [-0.15, -0.1) is 0 Å². The van der Waals surface area contributed by atoms with Gasteiger partial charge in [-0.3, -0.25) is 4.79 Å².